The number of likely N-dealkylation sites (N-methyl/N-ethyl adjacent to an activating group) is 1. The predicted octanol–water partition coefficient (Wildman–Crippen LogP) is 1.55. The molecule has 1 atom stereocenters. The van der Waals surface area contributed by atoms with Gasteiger partial charge in [-0.2, -0.15) is 0 Å². The van der Waals surface area contributed by atoms with E-state index in [1.165, 1.54) is 0 Å². The number of benzene rings is 1. The number of hydrogen-bond donors (Lipinski definition) is 2. The second kappa shape index (κ2) is 11.6. The standard InChI is InChI=1S/C24H35N5O4/c1-25-16-20(30)17-33-21-5-3-4-18(14-21)24-26-22(28(2)19-6-10-31-11-7-19)15-23(27-24)29-8-12-32-13-9-29/h3-5,14-15,19-20,25,30H,6-13,16-17H2,1-2H3. The van der Waals surface area contributed by atoms with Crippen molar-refractivity contribution >= 4 is 11.6 Å². The molecule has 0 spiro atoms. The highest BCUT2D eigenvalue weighted by Crippen LogP contribution is 2.29. The first-order valence-corrected chi connectivity index (χ1v) is 11.7. The van der Waals surface area contributed by atoms with Crippen molar-refractivity contribution in [2.24, 2.45) is 0 Å². The van der Waals surface area contributed by atoms with Gasteiger partial charge in [-0.1, -0.05) is 12.1 Å². The van der Waals surface area contributed by atoms with Crippen LogP contribution < -0.4 is 19.9 Å². The third-order valence-electron chi connectivity index (χ3n) is 6.11. The molecule has 2 fully saturated rings. The summed E-state index contributed by atoms with van der Waals surface area (Å²) < 4.78 is 16.9. The van der Waals surface area contributed by atoms with E-state index in [2.05, 4.69) is 28.2 Å². The molecule has 1 aromatic carbocycles. The first-order chi connectivity index (χ1) is 16.1. The van der Waals surface area contributed by atoms with Crippen molar-refractivity contribution in [1.29, 1.82) is 0 Å². The van der Waals surface area contributed by atoms with Crippen LogP contribution in [0, 0.1) is 0 Å². The predicted molar refractivity (Wildman–Crippen MR) is 128 cm³/mol. The van der Waals surface area contributed by atoms with Crippen LogP contribution in [0.2, 0.25) is 0 Å². The third kappa shape index (κ3) is 6.32. The lowest BCUT2D eigenvalue weighted by Gasteiger charge is -2.33. The quantitative estimate of drug-likeness (QED) is 0.582. The molecule has 9 heteroatoms. The van der Waals surface area contributed by atoms with E-state index in [-0.39, 0.29) is 6.61 Å². The van der Waals surface area contributed by atoms with Gasteiger partial charge in [-0.3, -0.25) is 0 Å². The number of hydrogen-bond acceptors (Lipinski definition) is 9. The molecule has 1 aromatic heterocycles. The molecule has 4 rings (SSSR count). The highest BCUT2D eigenvalue weighted by atomic mass is 16.5. The average Bonchev–Trinajstić information content (AvgIpc) is 2.88. The lowest BCUT2D eigenvalue weighted by molar-refractivity contribution is 0.0853. The van der Waals surface area contributed by atoms with Crippen LogP contribution in [-0.2, 0) is 9.47 Å². The summed E-state index contributed by atoms with van der Waals surface area (Å²) >= 11 is 0. The Bertz CT molecular complexity index is 887. The van der Waals surface area contributed by atoms with E-state index in [4.69, 9.17) is 24.2 Å². The Morgan fingerprint density at radius 1 is 1.15 bits per heavy atom. The maximum Gasteiger partial charge on any atom is 0.163 e. The zero-order chi connectivity index (χ0) is 23.0. The molecule has 0 amide bonds. The van der Waals surface area contributed by atoms with Gasteiger partial charge in [-0.05, 0) is 32.0 Å². The Balaban J connectivity index is 1.61. The zero-order valence-electron chi connectivity index (χ0n) is 19.6. The topological polar surface area (TPSA) is 92.2 Å². The molecule has 0 saturated carbocycles. The van der Waals surface area contributed by atoms with E-state index >= 15 is 0 Å². The second-order valence-electron chi connectivity index (χ2n) is 8.51. The van der Waals surface area contributed by atoms with Crippen molar-refractivity contribution in [2.45, 2.75) is 25.0 Å². The van der Waals surface area contributed by atoms with Crippen molar-refractivity contribution < 1.29 is 19.3 Å². The van der Waals surface area contributed by atoms with E-state index in [9.17, 15) is 5.11 Å². The van der Waals surface area contributed by atoms with Crippen molar-refractivity contribution in [3.63, 3.8) is 0 Å². The van der Waals surface area contributed by atoms with Gasteiger partial charge in [0.2, 0.25) is 0 Å². The van der Waals surface area contributed by atoms with Crippen LogP contribution in [0.25, 0.3) is 11.4 Å². The molecule has 2 aromatic rings. The van der Waals surface area contributed by atoms with Gasteiger partial charge in [0.05, 0.1) is 13.2 Å². The van der Waals surface area contributed by atoms with Crippen molar-refractivity contribution in [1.82, 2.24) is 15.3 Å². The van der Waals surface area contributed by atoms with Gasteiger partial charge in [-0.15, -0.1) is 0 Å². The van der Waals surface area contributed by atoms with Crippen molar-refractivity contribution in [3.8, 4) is 17.1 Å². The molecule has 2 N–H and O–H groups in total. The Hall–Kier alpha value is -2.46. The smallest absolute Gasteiger partial charge is 0.163 e. The SMILES string of the molecule is CNCC(O)COc1cccc(-c2nc(N3CCOCC3)cc(N(C)C3CCOCC3)n2)c1. The summed E-state index contributed by atoms with van der Waals surface area (Å²) in [5.74, 6) is 3.16. The van der Waals surface area contributed by atoms with Gasteiger partial charge < -0.3 is 34.4 Å². The Labute approximate surface area is 195 Å². The van der Waals surface area contributed by atoms with Gasteiger partial charge in [0, 0.05) is 57.6 Å². The fraction of sp³-hybridized carbons (Fsp3) is 0.583. The van der Waals surface area contributed by atoms with Crippen LogP contribution in [0.15, 0.2) is 30.3 Å². The summed E-state index contributed by atoms with van der Waals surface area (Å²) in [7, 11) is 3.91. The van der Waals surface area contributed by atoms with Crippen LogP contribution in [-0.4, -0.2) is 94.0 Å². The summed E-state index contributed by atoms with van der Waals surface area (Å²) in [4.78, 5) is 14.4. The number of rotatable bonds is 9. The Morgan fingerprint density at radius 3 is 2.67 bits per heavy atom. The number of anilines is 2. The normalized spacial score (nSPS) is 18.2. The van der Waals surface area contributed by atoms with E-state index in [0.29, 0.717) is 37.4 Å². The van der Waals surface area contributed by atoms with E-state index in [1.54, 1.807) is 7.05 Å². The number of aliphatic hydroxyl groups is 1. The summed E-state index contributed by atoms with van der Waals surface area (Å²) in [6, 6.07) is 10.2. The number of ether oxygens (including phenoxy) is 3. The van der Waals surface area contributed by atoms with Crippen LogP contribution in [0.4, 0.5) is 11.6 Å². The maximum absolute atomic E-state index is 9.96. The fourth-order valence-corrected chi connectivity index (χ4v) is 4.16. The molecule has 3 heterocycles. The van der Waals surface area contributed by atoms with Crippen LogP contribution >= 0.6 is 0 Å². The van der Waals surface area contributed by atoms with Gasteiger partial charge >= 0.3 is 0 Å². The number of nitrogens with zero attached hydrogens (tertiary/aromatic N) is 4. The van der Waals surface area contributed by atoms with E-state index in [0.717, 1.165) is 56.3 Å². The molecule has 2 saturated heterocycles. The molecule has 33 heavy (non-hydrogen) atoms. The molecule has 180 valence electrons. The minimum Gasteiger partial charge on any atom is -0.491 e. The van der Waals surface area contributed by atoms with Gasteiger partial charge in [0.25, 0.3) is 0 Å². The van der Waals surface area contributed by atoms with Crippen LogP contribution in [0.3, 0.4) is 0 Å². The molecule has 1 unspecified atom stereocenters. The minimum atomic E-state index is -0.570. The van der Waals surface area contributed by atoms with Crippen LogP contribution in [0.1, 0.15) is 12.8 Å². The second-order valence-corrected chi connectivity index (χ2v) is 8.51. The lowest BCUT2D eigenvalue weighted by atomic mass is 10.1. The molecule has 0 bridgehead atoms. The van der Waals surface area contributed by atoms with E-state index < -0.39 is 6.10 Å². The van der Waals surface area contributed by atoms with Gasteiger partial charge in [-0.25, -0.2) is 9.97 Å². The number of nitrogens with one attached hydrogen (secondary N) is 1. The molecule has 2 aliphatic heterocycles. The monoisotopic (exact) mass is 457 g/mol. The largest absolute Gasteiger partial charge is 0.491 e. The first-order valence-electron chi connectivity index (χ1n) is 11.7. The Morgan fingerprint density at radius 2 is 1.91 bits per heavy atom. The molecule has 9 nitrogen and oxygen atoms in total. The zero-order valence-corrected chi connectivity index (χ0v) is 19.6. The number of morpholine rings is 1. The number of aliphatic hydroxyl groups excluding tert-OH is 1. The molecule has 0 radical (unpaired) electrons. The maximum atomic E-state index is 9.96. The van der Waals surface area contributed by atoms with Crippen LogP contribution in [0.5, 0.6) is 5.75 Å². The molecular weight excluding hydrogens is 422 g/mol. The minimum absolute atomic E-state index is 0.219. The first kappa shape index (κ1) is 23.7. The third-order valence-corrected chi connectivity index (χ3v) is 6.11. The van der Waals surface area contributed by atoms with Crippen molar-refractivity contribution in [2.75, 3.05) is 76.6 Å². The van der Waals surface area contributed by atoms with Gasteiger partial charge in [0.1, 0.15) is 30.1 Å². The highest BCUT2D eigenvalue weighted by molar-refractivity contribution is 5.64. The molecule has 0 aliphatic carbocycles. The Kier molecular flexibility index (Phi) is 8.33. The molecular formula is C24H35N5O4. The summed E-state index contributed by atoms with van der Waals surface area (Å²) in [5.41, 5.74) is 0.882. The summed E-state index contributed by atoms with van der Waals surface area (Å²) in [5, 5.41) is 12.9. The number of aromatic nitrogens is 2. The van der Waals surface area contributed by atoms with Crippen molar-refractivity contribution in [3.05, 3.63) is 30.3 Å². The fourth-order valence-electron chi connectivity index (χ4n) is 4.16. The highest BCUT2D eigenvalue weighted by Gasteiger charge is 2.23. The summed E-state index contributed by atoms with van der Waals surface area (Å²) in [6.07, 6.45) is 1.40. The molecule has 2 aliphatic rings. The lowest BCUT2D eigenvalue weighted by Crippen LogP contribution is -2.39. The summed E-state index contributed by atoms with van der Waals surface area (Å²) in [6.45, 7) is 5.27. The average molecular weight is 458 g/mol. The van der Waals surface area contributed by atoms with Gasteiger partial charge in [0.15, 0.2) is 5.82 Å². The van der Waals surface area contributed by atoms with E-state index in [1.807, 2.05) is 24.3 Å².